The fourth-order valence-electron chi connectivity index (χ4n) is 4.37. The zero-order valence-corrected chi connectivity index (χ0v) is 20.5. The summed E-state index contributed by atoms with van der Waals surface area (Å²) in [6.45, 7) is 8.69. The summed E-state index contributed by atoms with van der Waals surface area (Å²) in [4.78, 5) is 47.6. The number of aliphatic imine (C=N–C) groups is 1. The summed E-state index contributed by atoms with van der Waals surface area (Å²) in [5, 5.41) is 2.39. The predicted octanol–water partition coefficient (Wildman–Crippen LogP) is 3.21. The first-order valence-corrected chi connectivity index (χ1v) is 12.2. The third-order valence-corrected chi connectivity index (χ3v) is 7.05. The second kappa shape index (κ2) is 10.5. The van der Waals surface area contributed by atoms with Crippen LogP contribution >= 0.6 is 11.8 Å². The van der Waals surface area contributed by atoms with Gasteiger partial charge >= 0.3 is 5.97 Å². The molecule has 1 saturated heterocycles. The number of hydrogen-bond donors (Lipinski definition) is 0. The monoisotopic (exact) mass is 498 g/mol. The van der Waals surface area contributed by atoms with E-state index >= 15 is 4.39 Å². The van der Waals surface area contributed by atoms with Crippen molar-refractivity contribution in [2.75, 3.05) is 32.8 Å². The summed E-state index contributed by atoms with van der Waals surface area (Å²) in [7, 11) is 0. The van der Waals surface area contributed by atoms with Gasteiger partial charge in [-0.2, -0.15) is 0 Å². The van der Waals surface area contributed by atoms with Crippen molar-refractivity contribution in [1.29, 1.82) is 0 Å². The average Bonchev–Trinajstić information content (AvgIpc) is 3.24. The molecule has 3 heterocycles. The SMILES string of the molecule is C=CCOC(=O)C1=C(C)N=C2SC=C(CC(=O)N3CCN(C(C)=O)CC3)N2C1c1ccccc1F. The van der Waals surface area contributed by atoms with E-state index in [1.165, 1.54) is 30.8 Å². The first-order valence-electron chi connectivity index (χ1n) is 11.3. The zero-order chi connectivity index (χ0) is 25.1. The van der Waals surface area contributed by atoms with Gasteiger partial charge in [-0.25, -0.2) is 14.2 Å². The van der Waals surface area contributed by atoms with Gasteiger partial charge in [-0.3, -0.25) is 9.59 Å². The van der Waals surface area contributed by atoms with E-state index < -0.39 is 17.8 Å². The molecule has 0 bridgehead atoms. The minimum atomic E-state index is -0.829. The van der Waals surface area contributed by atoms with E-state index in [2.05, 4.69) is 11.6 Å². The number of ether oxygens (including phenoxy) is 1. The minimum Gasteiger partial charge on any atom is -0.458 e. The van der Waals surface area contributed by atoms with Gasteiger partial charge < -0.3 is 19.4 Å². The van der Waals surface area contributed by atoms with Crippen molar-refractivity contribution in [2.24, 2.45) is 4.99 Å². The van der Waals surface area contributed by atoms with Gasteiger partial charge in [0.05, 0.1) is 23.7 Å². The van der Waals surface area contributed by atoms with Crippen LogP contribution in [-0.2, 0) is 19.1 Å². The first-order chi connectivity index (χ1) is 16.8. The molecule has 0 radical (unpaired) electrons. The topological polar surface area (TPSA) is 82.5 Å². The van der Waals surface area contributed by atoms with Crippen molar-refractivity contribution in [1.82, 2.24) is 14.7 Å². The third kappa shape index (κ3) is 5.02. The molecule has 4 rings (SSSR count). The lowest BCUT2D eigenvalue weighted by atomic mass is 9.93. The van der Waals surface area contributed by atoms with Gasteiger partial charge in [-0.05, 0) is 18.4 Å². The summed E-state index contributed by atoms with van der Waals surface area (Å²) in [6.07, 6.45) is 1.52. The number of amidine groups is 1. The molecule has 1 atom stereocenters. The highest BCUT2D eigenvalue weighted by atomic mass is 32.2. The minimum absolute atomic E-state index is 0.00748. The molecule has 35 heavy (non-hydrogen) atoms. The normalized spacial score (nSPS) is 19.7. The number of carbonyl (C=O) groups excluding carboxylic acids is 3. The van der Waals surface area contributed by atoms with Crippen molar-refractivity contribution in [3.63, 3.8) is 0 Å². The molecule has 1 fully saturated rings. The summed E-state index contributed by atoms with van der Waals surface area (Å²) >= 11 is 1.33. The molecule has 2 amide bonds. The molecule has 8 nitrogen and oxygen atoms in total. The second-order valence-electron chi connectivity index (χ2n) is 8.37. The van der Waals surface area contributed by atoms with Crippen LogP contribution < -0.4 is 0 Å². The van der Waals surface area contributed by atoms with Crippen LogP contribution in [0.15, 0.2) is 64.3 Å². The molecule has 0 aromatic heterocycles. The summed E-state index contributed by atoms with van der Waals surface area (Å²) in [5.74, 6) is -1.19. The smallest absolute Gasteiger partial charge is 0.338 e. The molecule has 0 spiro atoms. The average molecular weight is 499 g/mol. The third-order valence-electron chi connectivity index (χ3n) is 6.16. The molecular weight excluding hydrogens is 471 g/mol. The van der Waals surface area contributed by atoms with Gasteiger partial charge in [0.15, 0.2) is 5.17 Å². The Morgan fingerprint density at radius 2 is 1.89 bits per heavy atom. The Balaban J connectivity index is 1.62. The highest BCUT2D eigenvalue weighted by Crippen LogP contribution is 2.45. The molecule has 10 heteroatoms. The molecular formula is C25H27FN4O4S. The van der Waals surface area contributed by atoms with Crippen LogP contribution in [-0.4, -0.2) is 70.4 Å². The van der Waals surface area contributed by atoms with Crippen LogP contribution in [0.25, 0.3) is 0 Å². The van der Waals surface area contributed by atoms with Gasteiger partial charge in [0.25, 0.3) is 0 Å². The van der Waals surface area contributed by atoms with Crippen LogP contribution in [0.1, 0.15) is 31.9 Å². The fourth-order valence-corrected chi connectivity index (χ4v) is 5.34. The number of carbonyl (C=O) groups is 3. The van der Waals surface area contributed by atoms with Gasteiger partial charge in [0.2, 0.25) is 11.8 Å². The Morgan fingerprint density at radius 1 is 1.20 bits per heavy atom. The maximum absolute atomic E-state index is 15.0. The lowest BCUT2D eigenvalue weighted by molar-refractivity contribution is -0.138. The van der Waals surface area contributed by atoms with Crippen molar-refractivity contribution >= 4 is 34.7 Å². The first kappa shape index (κ1) is 24.7. The molecule has 0 saturated carbocycles. The molecule has 1 aromatic rings. The Morgan fingerprint density at radius 3 is 2.54 bits per heavy atom. The van der Waals surface area contributed by atoms with Gasteiger partial charge in [0, 0.05) is 44.4 Å². The van der Waals surface area contributed by atoms with E-state index in [9.17, 15) is 14.4 Å². The Bertz CT molecular complexity index is 1150. The molecule has 1 aromatic carbocycles. The van der Waals surface area contributed by atoms with E-state index in [1.54, 1.807) is 39.8 Å². The lowest BCUT2D eigenvalue weighted by Crippen LogP contribution is -2.50. The maximum atomic E-state index is 15.0. The quantitative estimate of drug-likeness (QED) is 0.443. The van der Waals surface area contributed by atoms with E-state index in [0.717, 1.165) is 0 Å². The summed E-state index contributed by atoms with van der Waals surface area (Å²) in [5.41, 5.74) is 1.58. The molecule has 1 unspecified atom stereocenters. The van der Waals surface area contributed by atoms with Crippen LogP contribution in [0.4, 0.5) is 4.39 Å². The van der Waals surface area contributed by atoms with Crippen molar-refractivity contribution in [3.8, 4) is 0 Å². The molecule has 0 aliphatic carbocycles. The molecule has 3 aliphatic heterocycles. The summed E-state index contributed by atoms with van der Waals surface area (Å²) in [6, 6.07) is 5.43. The van der Waals surface area contributed by atoms with E-state index in [1.807, 2.05) is 5.41 Å². The number of rotatable bonds is 6. The predicted molar refractivity (Wildman–Crippen MR) is 131 cm³/mol. The number of halogens is 1. The van der Waals surface area contributed by atoms with E-state index in [0.29, 0.717) is 48.3 Å². The van der Waals surface area contributed by atoms with Crippen molar-refractivity contribution in [3.05, 3.63) is 70.7 Å². The number of nitrogens with zero attached hydrogens (tertiary/aromatic N) is 4. The van der Waals surface area contributed by atoms with Gasteiger partial charge in [0.1, 0.15) is 12.4 Å². The Kier molecular flexibility index (Phi) is 7.39. The largest absolute Gasteiger partial charge is 0.458 e. The lowest BCUT2D eigenvalue weighted by Gasteiger charge is -2.37. The number of piperazine rings is 1. The highest BCUT2D eigenvalue weighted by molar-refractivity contribution is 8.16. The number of hydrogen-bond acceptors (Lipinski definition) is 7. The summed E-state index contributed by atoms with van der Waals surface area (Å²) < 4.78 is 20.4. The van der Waals surface area contributed by atoms with E-state index in [4.69, 9.17) is 4.74 Å². The van der Waals surface area contributed by atoms with E-state index in [-0.39, 0.29) is 30.4 Å². The Labute approximate surface area is 207 Å². The number of benzene rings is 1. The molecule has 3 aliphatic rings. The van der Waals surface area contributed by atoms with Crippen molar-refractivity contribution in [2.45, 2.75) is 26.3 Å². The van der Waals surface area contributed by atoms with Crippen molar-refractivity contribution < 1.29 is 23.5 Å². The molecule has 184 valence electrons. The van der Waals surface area contributed by atoms with Gasteiger partial charge in [-0.15, -0.1) is 0 Å². The fraction of sp³-hybridized carbons (Fsp3) is 0.360. The second-order valence-corrected chi connectivity index (χ2v) is 9.20. The van der Waals surface area contributed by atoms with Gasteiger partial charge in [-0.1, -0.05) is 42.6 Å². The number of fused-ring (bicyclic) bond motifs is 1. The zero-order valence-electron chi connectivity index (χ0n) is 19.7. The number of thioether (sulfide) groups is 1. The van der Waals surface area contributed by atoms with Crippen LogP contribution in [0, 0.1) is 5.82 Å². The molecule has 0 N–H and O–H groups in total. The number of amides is 2. The van der Waals surface area contributed by atoms with Crippen LogP contribution in [0.2, 0.25) is 0 Å². The highest BCUT2D eigenvalue weighted by Gasteiger charge is 2.42. The van der Waals surface area contributed by atoms with Crippen LogP contribution in [0.5, 0.6) is 0 Å². The standard InChI is InChI=1S/C25H27FN4O4S/c1-4-13-34-24(33)22-16(2)27-25-30(23(22)19-7-5-6-8-20(19)26)18(15-35-25)14-21(32)29-11-9-28(10-12-29)17(3)31/h4-8,15,23H,1,9-14H2,2-3H3. The Hall–Kier alpha value is -3.40. The van der Waals surface area contributed by atoms with Crippen LogP contribution in [0.3, 0.4) is 0 Å². The number of allylic oxidation sites excluding steroid dienone is 1. The maximum Gasteiger partial charge on any atom is 0.338 e. The number of esters is 1.